The van der Waals surface area contributed by atoms with Crippen molar-refractivity contribution >= 4 is 22.6 Å². The molecule has 2 N–H and O–H groups in total. The van der Waals surface area contributed by atoms with Gasteiger partial charge in [-0.25, -0.2) is 9.78 Å². The normalized spacial score (nSPS) is 13.4. The van der Waals surface area contributed by atoms with E-state index in [1.807, 2.05) is 6.07 Å². The van der Waals surface area contributed by atoms with E-state index in [-0.39, 0.29) is 22.5 Å². The van der Waals surface area contributed by atoms with Gasteiger partial charge in [0.25, 0.3) is 11.5 Å². The van der Waals surface area contributed by atoms with Gasteiger partial charge in [-0.2, -0.15) is 4.68 Å². The van der Waals surface area contributed by atoms with E-state index in [4.69, 9.17) is 0 Å². The summed E-state index contributed by atoms with van der Waals surface area (Å²) in [7, 11) is 0. The maximum atomic E-state index is 13.3. The molecule has 0 aliphatic heterocycles. The fraction of sp³-hybridized carbons (Fsp3) is 0.286. The number of H-pyrrole nitrogens is 1. The van der Waals surface area contributed by atoms with Crippen molar-refractivity contribution in [2.75, 3.05) is 5.32 Å². The van der Waals surface area contributed by atoms with E-state index in [0.717, 1.165) is 12.8 Å². The van der Waals surface area contributed by atoms with Crippen LogP contribution < -0.4 is 16.6 Å². The number of nitrogens with one attached hydrogen (secondary N) is 2. The summed E-state index contributed by atoms with van der Waals surface area (Å²) < 4.78 is 2.92. The average Bonchev–Trinajstić information content (AvgIpc) is 3.54. The largest absolute Gasteiger partial charge is 0.329 e. The quantitative estimate of drug-likeness (QED) is 0.487. The smallest absolute Gasteiger partial charge is 0.322 e. The molecule has 11 nitrogen and oxygen atoms in total. The Hall–Kier alpha value is -4.15. The van der Waals surface area contributed by atoms with Gasteiger partial charge in [0, 0.05) is 23.8 Å². The van der Waals surface area contributed by atoms with Crippen LogP contribution in [-0.2, 0) is 6.54 Å². The highest BCUT2D eigenvalue weighted by Gasteiger charge is 2.28. The minimum Gasteiger partial charge on any atom is -0.322 e. The lowest BCUT2D eigenvalue weighted by atomic mass is 10.1. The van der Waals surface area contributed by atoms with Crippen molar-refractivity contribution in [2.45, 2.75) is 39.2 Å². The number of carbonyl (C=O) groups excluding carboxylic acids is 1. The fourth-order valence-corrected chi connectivity index (χ4v) is 3.74. The molecule has 0 spiro atoms. The van der Waals surface area contributed by atoms with Gasteiger partial charge in [0.2, 0.25) is 0 Å². The number of aromatic amines is 1. The molecular formula is C21H20N8O3. The first-order chi connectivity index (χ1) is 15.5. The molecule has 1 aromatic carbocycles. The Balaban J connectivity index is 1.60. The molecule has 0 bridgehead atoms. The van der Waals surface area contributed by atoms with Gasteiger partial charge in [-0.3, -0.25) is 19.1 Å². The molecule has 0 radical (unpaired) electrons. The Labute approximate surface area is 181 Å². The zero-order valence-electron chi connectivity index (χ0n) is 17.5. The fourth-order valence-electron chi connectivity index (χ4n) is 3.74. The first kappa shape index (κ1) is 19.8. The van der Waals surface area contributed by atoms with Crippen LogP contribution >= 0.6 is 0 Å². The van der Waals surface area contributed by atoms with E-state index in [1.165, 1.54) is 4.57 Å². The zero-order chi connectivity index (χ0) is 22.4. The van der Waals surface area contributed by atoms with Gasteiger partial charge in [0.1, 0.15) is 0 Å². The lowest BCUT2D eigenvalue weighted by Gasteiger charge is -2.13. The number of carbonyl (C=O) groups is 1. The molecule has 1 aliphatic rings. The van der Waals surface area contributed by atoms with Crippen LogP contribution in [-0.4, -0.2) is 40.6 Å². The summed E-state index contributed by atoms with van der Waals surface area (Å²) >= 11 is 0. The molecule has 1 saturated carbocycles. The Kier molecular flexibility index (Phi) is 4.65. The average molecular weight is 432 g/mol. The molecule has 1 aliphatic carbocycles. The van der Waals surface area contributed by atoms with E-state index < -0.39 is 17.2 Å². The molecule has 5 rings (SSSR count). The summed E-state index contributed by atoms with van der Waals surface area (Å²) in [6, 6.07) is 8.71. The van der Waals surface area contributed by atoms with Crippen molar-refractivity contribution < 1.29 is 4.79 Å². The summed E-state index contributed by atoms with van der Waals surface area (Å²) in [6.45, 7) is 3.88. The van der Waals surface area contributed by atoms with E-state index in [1.54, 1.807) is 42.8 Å². The number of rotatable bonds is 5. The monoisotopic (exact) mass is 432 g/mol. The second-order valence-corrected chi connectivity index (χ2v) is 7.71. The van der Waals surface area contributed by atoms with E-state index in [2.05, 4.69) is 30.8 Å². The van der Waals surface area contributed by atoms with Crippen molar-refractivity contribution in [3.63, 3.8) is 0 Å². The maximum absolute atomic E-state index is 13.3. The highest BCUT2D eigenvalue weighted by Crippen LogP contribution is 2.40. The highest BCUT2D eigenvalue weighted by molar-refractivity contribution is 6.12. The van der Waals surface area contributed by atoms with E-state index in [9.17, 15) is 14.4 Å². The standard InChI is InChI=1S/C21H20N8O3/c1-3-28-18-17(20(31)24-21(28)32)15(10-16(23-18)12-7-8-12)19(30)22-13-5-4-6-14(9-13)29-11(2)25-26-27-29/h4-6,9-10,12H,3,7-8H2,1-2H3,(H,22,30)(H,24,31,32). The first-order valence-corrected chi connectivity index (χ1v) is 10.3. The van der Waals surface area contributed by atoms with Gasteiger partial charge in [-0.05, 0) is 61.4 Å². The molecule has 32 heavy (non-hydrogen) atoms. The first-order valence-electron chi connectivity index (χ1n) is 10.3. The summed E-state index contributed by atoms with van der Waals surface area (Å²) in [5, 5.41) is 14.4. The molecule has 4 aromatic rings. The van der Waals surface area contributed by atoms with Crippen LogP contribution in [0.3, 0.4) is 0 Å². The van der Waals surface area contributed by atoms with Crippen molar-refractivity contribution in [3.05, 3.63) is 68.3 Å². The Bertz CT molecular complexity index is 1480. The number of fused-ring (bicyclic) bond motifs is 1. The highest BCUT2D eigenvalue weighted by atomic mass is 16.2. The second kappa shape index (κ2) is 7.52. The Morgan fingerprint density at radius 1 is 1.25 bits per heavy atom. The Morgan fingerprint density at radius 3 is 2.75 bits per heavy atom. The predicted molar refractivity (Wildman–Crippen MR) is 116 cm³/mol. The number of aromatic nitrogens is 7. The van der Waals surface area contributed by atoms with Gasteiger partial charge >= 0.3 is 5.69 Å². The minimum absolute atomic E-state index is 0.0980. The summed E-state index contributed by atoms with van der Waals surface area (Å²) in [6.07, 6.45) is 1.93. The molecule has 162 valence electrons. The van der Waals surface area contributed by atoms with Gasteiger partial charge < -0.3 is 5.32 Å². The third-order valence-corrected chi connectivity index (χ3v) is 5.50. The van der Waals surface area contributed by atoms with E-state index in [0.29, 0.717) is 29.4 Å². The molecule has 3 heterocycles. The number of anilines is 1. The summed E-state index contributed by atoms with van der Waals surface area (Å²) in [5.74, 6) is 0.375. The number of nitrogens with zero attached hydrogens (tertiary/aromatic N) is 6. The molecule has 0 saturated heterocycles. The van der Waals surface area contributed by atoms with Crippen molar-refractivity contribution in [3.8, 4) is 5.69 Å². The number of tetrazole rings is 1. The maximum Gasteiger partial charge on any atom is 0.329 e. The van der Waals surface area contributed by atoms with Crippen molar-refractivity contribution in [1.29, 1.82) is 0 Å². The number of amides is 1. The number of pyridine rings is 1. The number of hydrogen-bond donors (Lipinski definition) is 2. The molecule has 0 atom stereocenters. The SMILES string of the molecule is CCn1c(=O)[nH]c(=O)c2c(C(=O)Nc3cccc(-n4nnnc4C)c3)cc(C3CC3)nc21. The van der Waals surface area contributed by atoms with Crippen LogP contribution in [0.1, 0.15) is 47.6 Å². The van der Waals surface area contributed by atoms with E-state index >= 15 is 0 Å². The van der Waals surface area contributed by atoms with Crippen molar-refractivity contribution in [2.24, 2.45) is 0 Å². The van der Waals surface area contributed by atoms with Crippen LogP contribution in [0.5, 0.6) is 0 Å². The number of benzene rings is 1. The topological polar surface area (TPSA) is 140 Å². The number of hydrogen-bond acceptors (Lipinski definition) is 7. The van der Waals surface area contributed by atoms with Crippen LogP contribution in [0.25, 0.3) is 16.7 Å². The lowest BCUT2D eigenvalue weighted by Crippen LogP contribution is -2.32. The molecule has 11 heteroatoms. The van der Waals surface area contributed by atoms with Crippen LogP contribution in [0.2, 0.25) is 0 Å². The van der Waals surface area contributed by atoms with Gasteiger partial charge in [-0.15, -0.1) is 5.10 Å². The molecule has 3 aromatic heterocycles. The third-order valence-electron chi connectivity index (χ3n) is 5.50. The van der Waals surface area contributed by atoms with Gasteiger partial charge in [0.15, 0.2) is 11.5 Å². The molecule has 1 fully saturated rings. The third kappa shape index (κ3) is 3.37. The van der Waals surface area contributed by atoms with Gasteiger partial charge in [0.05, 0.1) is 16.6 Å². The molecular weight excluding hydrogens is 412 g/mol. The lowest BCUT2D eigenvalue weighted by molar-refractivity contribution is 0.102. The zero-order valence-corrected chi connectivity index (χ0v) is 17.5. The molecule has 1 amide bonds. The van der Waals surface area contributed by atoms with Crippen LogP contribution in [0, 0.1) is 6.92 Å². The van der Waals surface area contributed by atoms with Crippen molar-refractivity contribution in [1.82, 2.24) is 34.7 Å². The minimum atomic E-state index is -0.632. The van der Waals surface area contributed by atoms with Crippen LogP contribution in [0.15, 0.2) is 39.9 Å². The summed E-state index contributed by atoms with van der Waals surface area (Å²) in [4.78, 5) is 45.1. The second-order valence-electron chi connectivity index (χ2n) is 7.71. The van der Waals surface area contributed by atoms with Gasteiger partial charge in [-0.1, -0.05) is 6.07 Å². The number of aryl methyl sites for hydroxylation is 2. The predicted octanol–water partition coefficient (Wildman–Crippen LogP) is 1.52. The van der Waals surface area contributed by atoms with Crippen LogP contribution in [0.4, 0.5) is 5.69 Å². The Morgan fingerprint density at radius 2 is 2.06 bits per heavy atom. The summed E-state index contributed by atoms with van der Waals surface area (Å²) in [5.41, 5.74) is 1.15. The molecule has 0 unspecified atom stereocenters.